The number of piperazine rings is 1. The summed E-state index contributed by atoms with van der Waals surface area (Å²) in [5.41, 5.74) is 9.69. The fraction of sp³-hybridized carbons (Fsp3) is 0.425. The van der Waals surface area contributed by atoms with Crippen molar-refractivity contribution in [2.75, 3.05) is 57.0 Å². The van der Waals surface area contributed by atoms with E-state index in [9.17, 15) is 8.42 Å². The number of sulfonamides is 1. The van der Waals surface area contributed by atoms with Gasteiger partial charge in [0, 0.05) is 112 Å². The van der Waals surface area contributed by atoms with E-state index < -0.39 is 10.0 Å². The largest absolute Gasteiger partial charge is 0.369 e. The first-order valence-electron chi connectivity index (χ1n) is 18.0. The fourth-order valence-electron chi connectivity index (χ4n) is 7.79. The van der Waals surface area contributed by atoms with Crippen LogP contribution >= 0.6 is 11.6 Å². The van der Waals surface area contributed by atoms with Crippen LogP contribution in [0.25, 0.3) is 11.3 Å². The Kier molecular flexibility index (Phi) is 9.49. The van der Waals surface area contributed by atoms with Gasteiger partial charge in [-0.1, -0.05) is 53.8 Å². The smallest absolute Gasteiger partial charge is 0.211 e. The Hall–Kier alpha value is -3.65. The minimum atomic E-state index is -3.34. The maximum atomic E-state index is 12.6. The monoisotopic (exact) mass is 708 g/mol. The van der Waals surface area contributed by atoms with E-state index in [4.69, 9.17) is 16.7 Å². The van der Waals surface area contributed by atoms with Gasteiger partial charge in [0.1, 0.15) is 0 Å². The number of hydrogen-bond donors (Lipinski definition) is 0. The Bertz CT molecular complexity index is 2040. The molecule has 0 atom stereocenters. The lowest BCUT2D eigenvalue weighted by Crippen LogP contribution is -2.46. The molecule has 4 aromatic rings. The molecule has 3 aliphatic heterocycles. The lowest BCUT2D eigenvalue weighted by atomic mass is 9.97. The molecule has 4 aliphatic rings. The number of aryl methyl sites for hydroxylation is 1. The Morgan fingerprint density at radius 1 is 0.840 bits per heavy atom. The van der Waals surface area contributed by atoms with Gasteiger partial charge in [-0.2, -0.15) is 9.40 Å². The third-order valence-electron chi connectivity index (χ3n) is 10.8. The van der Waals surface area contributed by atoms with Gasteiger partial charge in [-0.3, -0.25) is 14.5 Å². The maximum Gasteiger partial charge on any atom is 0.211 e. The standard InChI is InChI=1S/C40H45ClN6O2S/c1-50(48,49)46-21-17-39-37(29-46)40(42-47(39)19-5-18-43-22-24-44(25-23-43)35-6-3-2-4-7-35)33-12-15-38(41)32(27-33)11-9-30-8-10-31-16-20-45(36-13-14-36)28-34(31)26-30/h2-4,6-8,10,12,15,26-27,36H,5,13-14,16-25,28-29H2,1H3. The SMILES string of the molecule is CS(=O)(=O)N1CCc2c(c(-c3ccc(Cl)c(C#Cc4ccc5c(c4)CN(C4CC4)CC5)c3)nn2CCCN2CCN(c3ccccc3)CC2)C1. The minimum absolute atomic E-state index is 0.321. The Morgan fingerprint density at radius 3 is 2.44 bits per heavy atom. The predicted molar refractivity (Wildman–Crippen MR) is 201 cm³/mol. The van der Waals surface area contributed by atoms with Gasteiger partial charge in [-0.05, 0) is 73.2 Å². The second kappa shape index (κ2) is 14.2. The molecule has 3 aromatic carbocycles. The van der Waals surface area contributed by atoms with E-state index in [-0.39, 0.29) is 0 Å². The molecule has 0 bridgehead atoms. The number of benzene rings is 3. The molecule has 1 saturated carbocycles. The highest BCUT2D eigenvalue weighted by molar-refractivity contribution is 7.88. The van der Waals surface area contributed by atoms with Crippen molar-refractivity contribution in [3.63, 3.8) is 0 Å². The van der Waals surface area contributed by atoms with Crippen LogP contribution in [0.3, 0.4) is 0 Å². The zero-order valence-electron chi connectivity index (χ0n) is 28.8. The Morgan fingerprint density at radius 2 is 1.66 bits per heavy atom. The summed E-state index contributed by atoms with van der Waals surface area (Å²) in [4.78, 5) is 7.61. The minimum Gasteiger partial charge on any atom is -0.369 e. The molecular weight excluding hydrogens is 664 g/mol. The van der Waals surface area contributed by atoms with Crippen LogP contribution in [0.2, 0.25) is 5.02 Å². The molecule has 2 fully saturated rings. The van der Waals surface area contributed by atoms with E-state index in [1.54, 1.807) is 4.31 Å². The molecule has 0 radical (unpaired) electrons. The summed E-state index contributed by atoms with van der Waals surface area (Å²) in [6.45, 7) is 8.88. The number of nitrogens with zero attached hydrogens (tertiary/aromatic N) is 6. The van der Waals surface area contributed by atoms with Gasteiger partial charge >= 0.3 is 0 Å². The van der Waals surface area contributed by atoms with E-state index >= 15 is 0 Å². The highest BCUT2D eigenvalue weighted by Crippen LogP contribution is 2.34. The van der Waals surface area contributed by atoms with Crippen LogP contribution < -0.4 is 4.90 Å². The van der Waals surface area contributed by atoms with Gasteiger partial charge in [-0.25, -0.2) is 8.42 Å². The van der Waals surface area contributed by atoms with Crippen LogP contribution in [0.5, 0.6) is 0 Å². The molecule has 8 rings (SSSR count). The Labute approximate surface area is 301 Å². The van der Waals surface area contributed by atoms with Crippen LogP contribution in [0.1, 0.15) is 52.8 Å². The van der Waals surface area contributed by atoms with Crippen LogP contribution in [-0.4, -0.2) is 90.4 Å². The zero-order chi connectivity index (χ0) is 34.2. The number of anilines is 1. The molecular formula is C40H45ClN6O2S. The third-order valence-corrected chi connectivity index (χ3v) is 12.4. The quantitative estimate of drug-likeness (QED) is 0.221. The number of para-hydroxylation sites is 1. The average molecular weight is 709 g/mol. The van der Waals surface area contributed by atoms with Gasteiger partial charge in [-0.15, -0.1) is 0 Å². The Balaban J connectivity index is 1.00. The van der Waals surface area contributed by atoms with Gasteiger partial charge in [0.25, 0.3) is 0 Å². The normalized spacial score (nSPS) is 18.7. The summed E-state index contributed by atoms with van der Waals surface area (Å²) >= 11 is 6.71. The second-order valence-corrected chi connectivity index (χ2v) is 16.6. The van der Waals surface area contributed by atoms with Crippen molar-refractivity contribution in [3.8, 4) is 23.1 Å². The molecule has 10 heteroatoms. The summed E-state index contributed by atoms with van der Waals surface area (Å²) in [5.74, 6) is 6.73. The summed E-state index contributed by atoms with van der Waals surface area (Å²) in [7, 11) is -3.34. The highest BCUT2D eigenvalue weighted by Gasteiger charge is 2.32. The van der Waals surface area contributed by atoms with Crippen LogP contribution in [0, 0.1) is 11.8 Å². The summed E-state index contributed by atoms with van der Waals surface area (Å²) < 4.78 is 28.9. The molecule has 0 unspecified atom stereocenters. The molecule has 50 heavy (non-hydrogen) atoms. The summed E-state index contributed by atoms with van der Waals surface area (Å²) in [6, 6.07) is 23.9. The molecule has 1 aliphatic carbocycles. The first-order valence-corrected chi connectivity index (χ1v) is 20.2. The van der Waals surface area contributed by atoms with Crippen molar-refractivity contribution in [1.82, 2.24) is 23.9 Å². The number of halogens is 1. The molecule has 4 heterocycles. The lowest BCUT2D eigenvalue weighted by molar-refractivity contribution is 0.244. The molecule has 1 saturated heterocycles. The van der Waals surface area contributed by atoms with E-state index in [2.05, 4.69) is 79.8 Å². The molecule has 0 spiro atoms. The first kappa shape index (κ1) is 33.5. The molecule has 0 N–H and O–H groups in total. The predicted octanol–water partition coefficient (Wildman–Crippen LogP) is 5.65. The van der Waals surface area contributed by atoms with Crippen molar-refractivity contribution in [3.05, 3.63) is 105 Å². The summed E-state index contributed by atoms with van der Waals surface area (Å²) in [5, 5.41) is 5.74. The summed E-state index contributed by atoms with van der Waals surface area (Å²) in [6.07, 6.45) is 6.66. The number of fused-ring (bicyclic) bond motifs is 2. The third kappa shape index (κ3) is 7.37. The van der Waals surface area contributed by atoms with Gasteiger partial charge in [0.05, 0.1) is 17.0 Å². The van der Waals surface area contributed by atoms with E-state index in [0.29, 0.717) is 24.5 Å². The van der Waals surface area contributed by atoms with Crippen LogP contribution in [-0.2, 0) is 42.5 Å². The van der Waals surface area contributed by atoms with E-state index in [1.807, 2.05) is 18.2 Å². The van der Waals surface area contributed by atoms with Crippen molar-refractivity contribution < 1.29 is 8.42 Å². The molecule has 8 nitrogen and oxygen atoms in total. The van der Waals surface area contributed by atoms with Gasteiger partial charge in [0.2, 0.25) is 10.0 Å². The second-order valence-electron chi connectivity index (χ2n) is 14.2. The van der Waals surface area contributed by atoms with Crippen LogP contribution in [0.4, 0.5) is 5.69 Å². The number of hydrogen-bond acceptors (Lipinski definition) is 6. The van der Waals surface area contributed by atoms with Crippen molar-refractivity contribution in [1.29, 1.82) is 0 Å². The highest BCUT2D eigenvalue weighted by atomic mass is 35.5. The lowest BCUT2D eigenvalue weighted by Gasteiger charge is -2.36. The van der Waals surface area contributed by atoms with Crippen molar-refractivity contribution >= 4 is 27.3 Å². The molecule has 0 amide bonds. The van der Waals surface area contributed by atoms with E-state index in [0.717, 1.165) is 105 Å². The van der Waals surface area contributed by atoms with Gasteiger partial charge in [0.15, 0.2) is 0 Å². The molecule has 1 aromatic heterocycles. The van der Waals surface area contributed by atoms with Crippen LogP contribution in [0.15, 0.2) is 66.7 Å². The number of rotatable bonds is 8. The van der Waals surface area contributed by atoms with Crippen molar-refractivity contribution in [2.45, 2.75) is 57.8 Å². The van der Waals surface area contributed by atoms with E-state index in [1.165, 1.54) is 35.9 Å². The average Bonchev–Trinajstić information content (AvgIpc) is 3.93. The van der Waals surface area contributed by atoms with Gasteiger partial charge < -0.3 is 4.90 Å². The zero-order valence-corrected chi connectivity index (χ0v) is 30.4. The topological polar surface area (TPSA) is 64.9 Å². The molecule has 260 valence electrons. The maximum absolute atomic E-state index is 12.6. The number of aromatic nitrogens is 2. The van der Waals surface area contributed by atoms with Crippen molar-refractivity contribution in [2.24, 2.45) is 0 Å². The first-order chi connectivity index (χ1) is 24.3. The fourth-order valence-corrected chi connectivity index (χ4v) is 8.75.